The smallest absolute Gasteiger partial charge is 0.311 e. The lowest BCUT2D eigenvalue weighted by atomic mass is 9.74. The summed E-state index contributed by atoms with van der Waals surface area (Å²) in [7, 11) is 0. The molecule has 0 aromatic heterocycles. The molecule has 0 aliphatic carbocycles. The molecule has 2 fully saturated rings. The Morgan fingerprint density at radius 3 is 2.83 bits per heavy atom. The van der Waals surface area contributed by atoms with E-state index in [-0.39, 0.29) is 17.1 Å². The average molecular weight is 349 g/mol. The van der Waals surface area contributed by atoms with Gasteiger partial charge < -0.3 is 14.7 Å². The van der Waals surface area contributed by atoms with E-state index in [1.165, 1.54) is 5.56 Å². The number of aliphatic carboxylic acids is 1. The highest BCUT2D eigenvalue weighted by molar-refractivity contribution is 7.99. The van der Waals surface area contributed by atoms with Crippen LogP contribution >= 0.6 is 11.8 Å². The largest absolute Gasteiger partial charge is 0.481 e. The fourth-order valence-corrected chi connectivity index (χ4v) is 4.52. The van der Waals surface area contributed by atoms with E-state index >= 15 is 0 Å². The van der Waals surface area contributed by atoms with Crippen LogP contribution in [0.5, 0.6) is 0 Å². The molecule has 0 radical (unpaired) electrons. The molecule has 24 heavy (non-hydrogen) atoms. The molecule has 1 aromatic rings. The van der Waals surface area contributed by atoms with Gasteiger partial charge in [0.05, 0.1) is 17.3 Å². The molecule has 5 nitrogen and oxygen atoms in total. The number of benzene rings is 1. The Bertz CT molecular complexity index is 608. The highest BCUT2D eigenvalue weighted by Crippen LogP contribution is 2.43. The third-order valence-electron chi connectivity index (χ3n) is 5.13. The number of ether oxygens (including phenoxy) is 1. The first-order valence-electron chi connectivity index (χ1n) is 8.28. The van der Waals surface area contributed by atoms with Gasteiger partial charge in [0.1, 0.15) is 0 Å². The zero-order chi connectivity index (χ0) is 17.2. The molecule has 130 valence electrons. The Morgan fingerprint density at radius 1 is 1.42 bits per heavy atom. The number of carbonyl (C=O) groups is 2. The number of hydrogen-bond donors (Lipinski definition) is 1. The minimum absolute atomic E-state index is 0.0333. The number of rotatable bonds is 5. The molecule has 6 heteroatoms. The lowest BCUT2D eigenvalue weighted by molar-refractivity contribution is -0.157. The lowest BCUT2D eigenvalue weighted by Crippen LogP contribution is -2.45. The molecule has 0 bridgehead atoms. The molecule has 3 rings (SSSR count). The van der Waals surface area contributed by atoms with Gasteiger partial charge in [0.25, 0.3) is 0 Å². The molecule has 0 saturated carbocycles. The minimum Gasteiger partial charge on any atom is -0.481 e. The number of carbonyl (C=O) groups excluding carboxylic acids is 1. The normalized spacial score (nSPS) is 27.5. The minimum atomic E-state index is -0.822. The Labute approximate surface area is 146 Å². The van der Waals surface area contributed by atoms with Crippen molar-refractivity contribution < 1.29 is 19.4 Å². The van der Waals surface area contributed by atoms with Gasteiger partial charge >= 0.3 is 5.97 Å². The van der Waals surface area contributed by atoms with Crippen LogP contribution in [0.15, 0.2) is 30.3 Å². The molecule has 2 aliphatic heterocycles. The number of fused-ring (bicyclic) bond motifs is 1. The summed E-state index contributed by atoms with van der Waals surface area (Å²) in [5.74, 6) is -0.0845. The molecular formula is C18H23NO4S. The van der Waals surface area contributed by atoms with Crippen molar-refractivity contribution in [3.05, 3.63) is 35.9 Å². The molecule has 2 aliphatic rings. The van der Waals surface area contributed by atoms with Gasteiger partial charge in [-0.25, -0.2) is 0 Å². The summed E-state index contributed by atoms with van der Waals surface area (Å²) >= 11 is 1.60. The number of nitrogens with zero attached hydrogens (tertiary/aromatic N) is 1. The second-order valence-electron chi connectivity index (χ2n) is 6.64. The third-order valence-corrected chi connectivity index (χ3v) is 6.34. The van der Waals surface area contributed by atoms with Crippen LogP contribution in [0.4, 0.5) is 0 Å². The van der Waals surface area contributed by atoms with Crippen molar-refractivity contribution in [2.24, 2.45) is 11.3 Å². The highest BCUT2D eigenvalue weighted by atomic mass is 32.2. The standard InChI is InChI=1S/C18H23NO4S/c1-13(24-11-14-5-3-2-4-6-14)16(20)19-9-15-10-23-8-7-18(15,12-19)17(21)22/h2-6,13,15H,7-12H2,1H3,(H,21,22)/t13?,15-,18+/m0/s1. The van der Waals surface area contributed by atoms with Gasteiger partial charge in [-0.2, -0.15) is 0 Å². The third kappa shape index (κ3) is 3.30. The zero-order valence-electron chi connectivity index (χ0n) is 13.8. The highest BCUT2D eigenvalue weighted by Gasteiger charge is 2.55. The molecule has 1 N–H and O–H groups in total. The van der Waals surface area contributed by atoms with Gasteiger partial charge in [-0.15, -0.1) is 11.8 Å². The van der Waals surface area contributed by atoms with Crippen molar-refractivity contribution in [2.45, 2.75) is 24.3 Å². The molecule has 1 unspecified atom stereocenters. The van der Waals surface area contributed by atoms with Crippen LogP contribution in [0.25, 0.3) is 0 Å². The van der Waals surface area contributed by atoms with Crippen molar-refractivity contribution in [1.29, 1.82) is 0 Å². The van der Waals surface area contributed by atoms with Gasteiger partial charge in [0.15, 0.2) is 0 Å². The maximum absolute atomic E-state index is 12.7. The van der Waals surface area contributed by atoms with Crippen molar-refractivity contribution in [3.63, 3.8) is 0 Å². The second-order valence-corrected chi connectivity index (χ2v) is 7.97. The topological polar surface area (TPSA) is 66.8 Å². The van der Waals surface area contributed by atoms with Crippen LogP contribution in [0.3, 0.4) is 0 Å². The summed E-state index contributed by atoms with van der Waals surface area (Å²) in [5, 5.41) is 9.51. The van der Waals surface area contributed by atoms with Gasteiger partial charge in [-0.3, -0.25) is 9.59 Å². The van der Waals surface area contributed by atoms with Gasteiger partial charge in [-0.1, -0.05) is 30.3 Å². The summed E-state index contributed by atoms with van der Waals surface area (Å²) in [5.41, 5.74) is 0.366. The van der Waals surface area contributed by atoms with E-state index in [1.54, 1.807) is 16.7 Å². The summed E-state index contributed by atoms with van der Waals surface area (Å²) in [6.45, 7) is 3.60. The SMILES string of the molecule is CC(SCc1ccccc1)C(=O)N1C[C@H]2COCC[C@@]2(C(=O)O)C1. The Morgan fingerprint density at radius 2 is 2.17 bits per heavy atom. The quantitative estimate of drug-likeness (QED) is 0.883. The fourth-order valence-electron chi connectivity index (χ4n) is 3.59. The van der Waals surface area contributed by atoms with E-state index in [2.05, 4.69) is 0 Å². The zero-order valence-corrected chi connectivity index (χ0v) is 14.6. The Hall–Kier alpha value is -1.53. The molecule has 3 atom stereocenters. The van der Waals surface area contributed by atoms with Gasteiger partial charge in [0, 0.05) is 31.4 Å². The Kier molecular flexibility index (Phi) is 5.15. The first-order valence-corrected chi connectivity index (χ1v) is 9.33. The predicted octanol–water partition coefficient (Wildman–Crippen LogP) is 2.26. The second kappa shape index (κ2) is 7.15. The van der Waals surface area contributed by atoms with Crippen molar-refractivity contribution in [1.82, 2.24) is 4.90 Å². The van der Waals surface area contributed by atoms with Crippen LogP contribution in [0.1, 0.15) is 18.9 Å². The molecular weight excluding hydrogens is 326 g/mol. The van der Waals surface area contributed by atoms with Crippen LogP contribution < -0.4 is 0 Å². The first-order chi connectivity index (χ1) is 11.5. The molecule has 0 spiro atoms. The average Bonchev–Trinajstić information content (AvgIpc) is 3.01. The molecule has 2 heterocycles. The Balaban J connectivity index is 1.62. The predicted molar refractivity (Wildman–Crippen MR) is 92.8 cm³/mol. The number of likely N-dealkylation sites (tertiary alicyclic amines) is 1. The summed E-state index contributed by atoms with van der Waals surface area (Å²) in [6, 6.07) is 10.0. The number of thioether (sulfide) groups is 1. The molecule has 1 amide bonds. The molecule has 1 aromatic carbocycles. The van der Waals surface area contributed by atoms with E-state index in [1.807, 2.05) is 37.3 Å². The molecule has 2 saturated heterocycles. The van der Waals surface area contributed by atoms with E-state index < -0.39 is 11.4 Å². The number of amides is 1. The maximum Gasteiger partial charge on any atom is 0.311 e. The maximum atomic E-state index is 12.7. The summed E-state index contributed by atoms with van der Waals surface area (Å²) < 4.78 is 5.45. The fraction of sp³-hybridized carbons (Fsp3) is 0.556. The van der Waals surface area contributed by atoms with E-state index in [0.717, 1.165) is 5.75 Å². The number of hydrogen-bond acceptors (Lipinski definition) is 4. The van der Waals surface area contributed by atoms with E-state index in [4.69, 9.17) is 4.74 Å². The van der Waals surface area contributed by atoms with Crippen LogP contribution in [0, 0.1) is 11.3 Å². The van der Waals surface area contributed by atoms with E-state index in [0.29, 0.717) is 32.7 Å². The van der Waals surface area contributed by atoms with Crippen molar-refractivity contribution in [2.75, 3.05) is 26.3 Å². The lowest BCUT2D eigenvalue weighted by Gasteiger charge is -2.33. The monoisotopic (exact) mass is 349 g/mol. The van der Waals surface area contributed by atoms with Gasteiger partial charge in [0.2, 0.25) is 5.91 Å². The van der Waals surface area contributed by atoms with Gasteiger partial charge in [-0.05, 0) is 18.9 Å². The van der Waals surface area contributed by atoms with Crippen molar-refractivity contribution >= 4 is 23.6 Å². The van der Waals surface area contributed by atoms with Crippen LogP contribution in [-0.4, -0.2) is 53.4 Å². The summed E-state index contributed by atoms with van der Waals surface area (Å²) in [4.78, 5) is 26.3. The van der Waals surface area contributed by atoms with Crippen molar-refractivity contribution in [3.8, 4) is 0 Å². The van der Waals surface area contributed by atoms with Crippen LogP contribution in [-0.2, 0) is 20.1 Å². The van der Waals surface area contributed by atoms with E-state index in [9.17, 15) is 14.7 Å². The number of carboxylic acids is 1. The van der Waals surface area contributed by atoms with Crippen LogP contribution in [0.2, 0.25) is 0 Å². The summed E-state index contributed by atoms with van der Waals surface area (Å²) in [6.07, 6.45) is 0.488. The first kappa shape index (κ1) is 17.3. The number of carboxylic acid groups (broad SMARTS) is 1.